The van der Waals surface area contributed by atoms with Crippen molar-refractivity contribution in [3.63, 3.8) is 0 Å². The van der Waals surface area contributed by atoms with Crippen molar-refractivity contribution in [1.29, 1.82) is 0 Å². The van der Waals surface area contributed by atoms with Crippen LogP contribution in [0.15, 0.2) is 204 Å². The van der Waals surface area contributed by atoms with Gasteiger partial charge in [-0.05, 0) is 0 Å². The van der Waals surface area contributed by atoms with E-state index in [2.05, 4.69) is 232 Å². The van der Waals surface area contributed by atoms with Gasteiger partial charge in [0.1, 0.15) is 0 Å². The van der Waals surface area contributed by atoms with Crippen molar-refractivity contribution in [3.8, 4) is 0 Å². The van der Waals surface area contributed by atoms with Crippen molar-refractivity contribution < 1.29 is 0 Å². The van der Waals surface area contributed by atoms with Crippen LogP contribution in [0.4, 0.5) is 34.1 Å². The maximum absolute atomic E-state index is 3.60. The van der Waals surface area contributed by atoms with Crippen LogP contribution in [0, 0.1) is 0 Å². The number of fused-ring (bicyclic) bond motifs is 6. The molecule has 0 saturated carbocycles. The number of hydrogen-bond acceptors (Lipinski definition) is 3. The number of hydrogen-bond donors (Lipinski definition) is 0. The van der Waals surface area contributed by atoms with Gasteiger partial charge >= 0.3 is 351 Å². The summed E-state index contributed by atoms with van der Waals surface area (Å²) in [6.07, 6.45) is 0. The zero-order valence-corrected chi connectivity index (χ0v) is 36.2. The Hall–Kier alpha value is -5.75. The van der Waals surface area contributed by atoms with Crippen molar-refractivity contribution in [2.45, 2.75) is 48.3 Å². The van der Waals surface area contributed by atoms with Crippen LogP contribution in [0.3, 0.4) is 0 Å². The molecule has 0 fully saturated rings. The maximum atomic E-state index is 2.51. The molecular weight excluding hydrogens is 781 g/mol. The van der Waals surface area contributed by atoms with E-state index in [9.17, 15) is 0 Å². The van der Waals surface area contributed by atoms with Gasteiger partial charge in [-0.1, -0.05) is 0 Å². The summed E-state index contributed by atoms with van der Waals surface area (Å²) in [5.74, 6) is 0. The van der Waals surface area contributed by atoms with E-state index < -0.39 is 13.3 Å². The van der Waals surface area contributed by atoms with Gasteiger partial charge in [0, 0.05) is 0 Å². The monoisotopic (exact) mass is 826 g/mol. The second-order valence-corrected chi connectivity index (χ2v) is 25.8. The van der Waals surface area contributed by atoms with Crippen LogP contribution < -0.4 is 27.4 Å². The predicted octanol–water partition coefficient (Wildman–Crippen LogP) is 11.7. The summed E-state index contributed by atoms with van der Waals surface area (Å²) >= 11 is -1.66. The Labute approximate surface area is 349 Å². The van der Waals surface area contributed by atoms with E-state index in [1.807, 2.05) is 11.8 Å². The number of anilines is 6. The van der Waals surface area contributed by atoms with E-state index in [1.165, 1.54) is 83.8 Å². The molecule has 8 aromatic carbocycles. The molecule has 0 aliphatic carbocycles. The topological polar surface area (TPSA) is 6.48 Å². The minimum atomic E-state index is -3.60. The second-order valence-electron chi connectivity index (χ2n) is 16.9. The first-order valence-corrected chi connectivity index (χ1v) is 25.4. The van der Waals surface area contributed by atoms with Crippen LogP contribution in [0.25, 0.3) is 0 Å². The fourth-order valence-corrected chi connectivity index (χ4v) is 23.7. The first-order valence-electron chi connectivity index (χ1n) is 20.4. The van der Waals surface area contributed by atoms with E-state index in [-0.39, 0.29) is 10.8 Å². The van der Waals surface area contributed by atoms with Gasteiger partial charge in [-0.15, -0.1) is 0 Å². The van der Waals surface area contributed by atoms with Gasteiger partial charge in [-0.25, -0.2) is 0 Å². The predicted molar refractivity (Wildman–Crippen MR) is 248 cm³/mol. The molecular formula is C54H44GeN2S. The normalized spacial score (nSPS) is 16.2. The molecule has 0 radical (unpaired) electrons. The molecule has 0 bridgehead atoms. The Morgan fingerprint density at radius 1 is 0.362 bits per heavy atom. The second kappa shape index (κ2) is 13.1. The summed E-state index contributed by atoms with van der Waals surface area (Å²) in [7, 11) is 0. The van der Waals surface area contributed by atoms with Gasteiger partial charge < -0.3 is 0 Å². The first kappa shape index (κ1) is 35.4. The van der Waals surface area contributed by atoms with Crippen LogP contribution in [0.1, 0.15) is 49.9 Å². The summed E-state index contributed by atoms with van der Waals surface area (Å²) < 4.78 is 5.87. The van der Waals surface area contributed by atoms with E-state index in [1.54, 1.807) is 0 Å². The van der Waals surface area contributed by atoms with Crippen molar-refractivity contribution in [2.24, 2.45) is 0 Å². The first-order chi connectivity index (χ1) is 28.3. The molecule has 0 atom stereocenters. The van der Waals surface area contributed by atoms with Crippen molar-refractivity contribution >= 4 is 76.7 Å². The third-order valence-electron chi connectivity index (χ3n) is 13.2. The molecule has 0 unspecified atom stereocenters. The van der Waals surface area contributed by atoms with Crippen LogP contribution in [0.5, 0.6) is 0 Å². The Bertz CT molecular complexity index is 2600. The summed E-state index contributed by atoms with van der Waals surface area (Å²) in [6.45, 7) is 9.45. The number of nitrogens with zero attached hydrogens (tertiary/aromatic N) is 2. The number of rotatable bonds is 4. The standard InChI is InChI=1S/C54H44GeN2S/c1-53(2)41-23-11-15-27-47(41)56(48-28-16-12-24-42(48)53)39-31-33-45-51(35-39)58-52-36-40(57-49-29-17-13-25-43(49)54(3,4)44-26-14-18-30-50(44)57)32-34-46(52)55(45,37-19-7-5-8-20-37)38-21-9-6-10-22-38/h5-36H,1-4H3. The van der Waals surface area contributed by atoms with Gasteiger partial charge in [-0.2, -0.15) is 0 Å². The molecule has 0 amide bonds. The fraction of sp³-hybridized carbons (Fsp3) is 0.111. The van der Waals surface area contributed by atoms with E-state index >= 15 is 0 Å². The van der Waals surface area contributed by atoms with Crippen LogP contribution >= 0.6 is 11.8 Å². The zero-order valence-electron chi connectivity index (χ0n) is 33.3. The molecule has 0 N–H and O–H groups in total. The van der Waals surface area contributed by atoms with Crippen LogP contribution in [-0.2, 0) is 10.8 Å². The number of benzene rings is 8. The average molecular weight is 826 g/mol. The Morgan fingerprint density at radius 2 is 0.672 bits per heavy atom. The third-order valence-corrected chi connectivity index (χ3v) is 25.3. The van der Waals surface area contributed by atoms with Crippen molar-refractivity contribution in [2.75, 3.05) is 9.80 Å². The van der Waals surface area contributed by atoms with Gasteiger partial charge in [0.2, 0.25) is 0 Å². The van der Waals surface area contributed by atoms with E-state index in [0.29, 0.717) is 0 Å². The van der Waals surface area contributed by atoms with Crippen molar-refractivity contribution in [3.05, 3.63) is 216 Å². The van der Waals surface area contributed by atoms with Gasteiger partial charge in [0.25, 0.3) is 0 Å². The molecule has 0 saturated heterocycles. The van der Waals surface area contributed by atoms with Gasteiger partial charge in [0.15, 0.2) is 0 Å². The molecule has 3 aliphatic rings. The van der Waals surface area contributed by atoms with Crippen LogP contribution in [-0.4, -0.2) is 13.3 Å². The molecule has 4 heteroatoms. The van der Waals surface area contributed by atoms with Crippen LogP contribution in [0.2, 0.25) is 0 Å². The molecule has 3 heterocycles. The minimum absolute atomic E-state index is 0.117. The van der Waals surface area contributed by atoms with Crippen molar-refractivity contribution in [1.82, 2.24) is 0 Å². The molecule has 3 aliphatic heterocycles. The molecule has 0 spiro atoms. The molecule has 0 aromatic heterocycles. The summed E-state index contributed by atoms with van der Waals surface area (Å²) in [5.41, 5.74) is 12.5. The molecule has 8 aromatic rings. The fourth-order valence-electron chi connectivity index (χ4n) is 10.4. The molecule has 2 nitrogen and oxygen atoms in total. The molecule has 58 heavy (non-hydrogen) atoms. The third kappa shape index (κ3) is 4.99. The number of para-hydroxylation sites is 4. The van der Waals surface area contributed by atoms with Gasteiger partial charge in [0.05, 0.1) is 0 Å². The average Bonchev–Trinajstić information content (AvgIpc) is 3.26. The Balaban J connectivity index is 1.16. The molecule has 280 valence electrons. The summed E-state index contributed by atoms with van der Waals surface area (Å²) in [6, 6.07) is 73.6. The summed E-state index contributed by atoms with van der Waals surface area (Å²) in [5, 5.41) is 0. The van der Waals surface area contributed by atoms with Gasteiger partial charge in [-0.3, -0.25) is 0 Å². The van der Waals surface area contributed by atoms with E-state index in [0.717, 1.165) is 0 Å². The zero-order chi connectivity index (χ0) is 39.2. The SMILES string of the molecule is CC1(C)c2ccccc2N(c2cc[c]3c(c2)Sc2cc(N4c5ccccc5C(C)(C)c5ccccc54)cc[c]2[Ge]3([c]2ccccc2)[c]2ccccc2)c2ccccc21. The summed E-state index contributed by atoms with van der Waals surface area (Å²) in [4.78, 5) is 7.70. The quantitative estimate of drug-likeness (QED) is 0.163. The van der Waals surface area contributed by atoms with E-state index in [4.69, 9.17) is 0 Å². The Kier molecular flexibility index (Phi) is 8.02. The molecule has 11 rings (SSSR count). The Morgan fingerprint density at radius 3 is 1.02 bits per heavy atom.